The number of anilines is 1. The number of carbonyl (C=O) groups excluding carboxylic acids is 1. The molecule has 20 heavy (non-hydrogen) atoms. The topological polar surface area (TPSA) is 59.0 Å². The molecule has 0 spiro atoms. The summed E-state index contributed by atoms with van der Waals surface area (Å²) in [5.41, 5.74) is 4.05. The predicted molar refractivity (Wildman–Crippen MR) is 79.7 cm³/mol. The highest BCUT2D eigenvalue weighted by Gasteiger charge is 2.05. The lowest BCUT2D eigenvalue weighted by Crippen LogP contribution is -2.28. The molecule has 0 fully saturated rings. The van der Waals surface area contributed by atoms with Crippen LogP contribution >= 0.6 is 0 Å². The van der Waals surface area contributed by atoms with Crippen LogP contribution in [0, 0.1) is 13.8 Å². The van der Waals surface area contributed by atoms with Crippen LogP contribution in [0.1, 0.15) is 23.6 Å². The predicted octanol–water partition coefficient (Wildman–Crippen LogP) is 2.84. The van der Waals surface area contributed by atoms with Gasteiger partial charge < -0.3 is 10.6 Å². The Balaban J connectivity index is 1.89. The summed E-state index contributed by atoms with van der Waals surface area (Å²) in [6, 6.07) is 5.73. The molecular formula is C15H20N4O. The van der Waals surface area contributed by atoms with E-state index >= 15 is 0 Å². The second-order valence-corrected chi connectivity index (χ2v) is 4.83. The first-order chi connectivity index (χ1) is 9.58. The lowest BCUT2D eigenvalue weighted by Gasteiger charge is -2.09. The minimum Gasteiger partial charge on any atom is -0.334 e. The van der Waals surface area contributed by atoms with Gasteiger partial charge in [-0.25, -0.2) is 4.79 Å². The molecule has 2 rings (SSSR count). The van der Waals surface area contributed by atoms with Crippen molar-refractivity contribution in [1.29, 1.82) is 0 Å². The maximum absolute atomic E-state index is 11.8. The van der Waals surface area contributed by atoms with Crippen molar-refractivity contribution in [3.05, 3.63) is 47.3 Å². The quantitative estimate of drug-likeness (QED) is 0.899. The third kappa shape index (κ3) is 3.60. The molecule has 0 radical (unpaired) electrons. The fraction of sp³-hybridized carbons (Fsp3) is 0.333. The number of hydrogen-bond acceptors (Lipinski definition) is 2. The first-order valence-electron chi connectivity index (χ1n) is 6.72. The van der Waals surface area contributed by atoms with Crippen molar-refractivity contribution < 1.29 is 4.79 Å². The largest absolute Gasteiger partial charge is 0.334 e. The number of aryl methyl sites for hydroxylation is 3. The molecule has 0 aliphatic carbocycles. The summed E-state index contributed by atoms with van der Waals surface area (Å²) in [7, 11) is 0. The lowest BCUT2D eigenvalue weighted by atomic mass is 10.1. The van der Waals surface area contributed by atoms with Crippen molar-refractivity contribution >= 4 is 11.7 Å². The fourth-order valence-electron chi connectivity index (χ4n) is 1.97. The van der Waals surface area contributed by atoms with Gasteiger partial charge in [0.15, 0.2) is 0 Å². The number of benzene rings is 1. The standard InChI is InChI=1S/C15H20N4O/c1-4-19-10-13(9-17-19)8-16-15(20)18-14-6-5-11(2)7-12(14)3/h5-7,9-10H,4,8H2,1-3H3,(H2,16,18,20). The van der Waals surface area contributed by atoms with Gasteiger partial charge in [-0.15, -0.1) is 0 Å². The smallest absolute Gasteiger partial charge is 0.319 e. The first kappa shape index (κ1) is 14.1. The second-order valence-electron chi connectivity index (χ2n) is 4.83. The van der Waals surface area contributed by atoms with Gasteiger partial charge in [0.1, 0.15) is 0 Å². The van der Waals surface area contributed by atoms with E-state index in [2.05, 4.69) is 15.7 Å². The molecule has 0 saturated carbocycles. The van der Waals surface area contributed by atoms with Gasteiger partial charge in [0.2, 0.25) is 0 Å². The SMILES string of the molecule is CCn1cc(CNC(=O)Nc2ccc(C)cc2C)cn1. The molecule has 5 nitrogen and oxygen atoms in total. The molecule has 0 bridgehead atoms. The van der Waals surface area contributed by atoms with E-state index in [0.29, 0.717) is 6.54 Å². The Morgan fingerprint density at radius 1 is 1.35 bits per heavy atom. The van der Waals surface area contributed by atoms with Crippen LogP contribution in [-0.4, -0.2) is 15.8 Å². The summed E-state index contributed by atoms with van der Waals surface area (Å²) < 4.78 is 1.83. The van der Waals surface area contributed by atoms with Crippen LogP contribution in [0.15, 0.2) is 30.6 Å². The van der Waals surface area contributed by atoms with E-state index < -0.39 is 0 Å². The minimum atomic E-state index is -0.207. The van der Waals surface area contributed by atoms with E-state index in [0.717, 1.165) is 23.4 Å². The molecule has 5 heteroatoms. The van der Waals surface area contributed by atoms with Gasteiger partial charge in [-0.2, -0.15) is 5.10 Å². The van der Waals surface area contributed by atoms with Crippen LogP contribution in [0.25, 0.3) is 0 Å². The molecule has 0 aliphatic rings. The molecule has 0 atom stereocenters. The van der Waals surface area contributed by atoms with Gasteiger partial charge in [-0.1, -0.05) is 17.7 Å². The Kier molecular flexibility index (Phi) is 4.40. The second kappa shape index (κ2) is 6.23. The van der Waals surface area contributed by atoms with Crippen molar-refractivity contribution in [3.8, 4) is 0 Å². The zero-order valence-electron chi connectivity index (χ0n) is 12.1. The Hall–Kier alpha value is -2.30. The van der Waals surface area contributed by atoms with Crippen molar-refractivity contribution in [2.45, 2.75) is 33.9 Å². The average Bonchev–Trinajstić information content (AvgIpc) is 2.88. The van der Waals surface area contributed by atoms with E-state index in [-0.39, 0.29) is 6.03 Å². The maximum atomic E-state index is 11.8. The van der Waals surface area contributed by atoms with Crippen LogP contribution in [0.2, 0.25) is 0 Å². The van der Waals surface area contributed by atoms with Crippen LogP contribution in [0.5, 0.6) is 0 Å². The van der Waals surface area contributed by atoms with Gasteiger partial charge in [-0.05, 0) is 32.4 Å². The van der Waals surface area contributed by atoms with Crippen LogP contribution in [0.3, 0.4) is 0 Å². The molecule has 1 heterocycles. The number of rotatable bonds is 4. The Bertz CT molecular complexity index is 604. The number of nitrogens with zero attached hydrogens (tertiary/aromatic N) is 2. The minimum absolute atomic E-state index is 0.207. The maximum Gasteiger partial charge on any atom is 0.319 e. The highest BCUT2D eigenvalue weighted by Crippen LogP contribution is 2.15. The molecule has 106 valence electrons. The van der Waals surface area contributed by atoms with Gasteiger partial charge >= 0.3 is 6.03 Å². The molecule has 1 aromatic carbocycles. The van der Waals surface area contributed by atoms with E-state index in [1.165, 1.54) is 5.56 Å². The molecular weight excluding hydrogens is 252 g/mol. The van der Waals surface area contributed by atoms with Crippen LogP contribution in [-0.2, 0) is 13.1 Å². The number of amides is 2. The first-order valence-corrected chi connectivity index (χ1v) is 6.72. The van der Waals surface area contributed by atoms with Gasteiger partial charge in [0.05, 0.1) is 6.20 Å². The zero-order valence-corrected chi connectivity index (χ0v) is 12.1. The van der Waals surface area contributed by atoms with Gasteiger partial charge in [0.25, 0.3) is 0 Å². The lowest BCUT2D eigenvalue weighted by molar-refractivity contribution is 0.251. The summed E-state index contributed by atoms with van der Waals surface area (Å²) in [5, 5.41) is 9.84. The molecule has 0 saturated heterocycles. The summed E-state index contributed by atoms with van der Waals surface area (Å²) in [6.45, 7) is 7.33. The highest BCUT2D eigenvalue weighted by atomic mass is 16.2. The third-order valence-corrected chi connectivity index (χ3v) is 3.09. The third-order valence-electron chi connectivity index (χ3n) is 3.09. The van der Waals surface area contributed by atoms with Crippen molar-refractivity contribution in [1.82, 2.24) is 15.1 Å². The van der Waals surface area contributed by atoms with E-state index in [1.807, 2.05) is 49.8 Å². The van der Waals surface area contributed by atoms with Crippen LogP contribution < -0.4 is 10.6 Å². The monoisotopic (exact) mass is 272 g/mol. The Labute approximate surface area is 119 Å². The summed E-state index contributed by atoms with van der Waals surface area (Å²) in [6.07, 6.45) is 3.69. The number of carbonyl (C=O) groups is 1. The zero-order chi connectivity index (χ0) is 14.5. The number of nitrogens with one attached hydrogen (secondary N) is 2. The number of urea groups is 1. The molecule has 2 N–H and O–H groups in total. The molecule has 0 unspecified atom stereocenters. The average molecular weight is 272 g/mol. The molecule has 0 aliphatic heterocycles. The summed E-state index contributed by atoms with van der Waals surface area (Å²) in [4.78, 5) is 11.8. The Morgan fingerprint density at radius 3 is 2.80 bits per heavy atom. The molecule has 1 aromatic heterocycles. The van der Waals surface area contributed by atoms with Crippen LogP contribution in [0.4, 0.5) is 10.5 Å². The normalized spacial score (nSPS) is 10.3. The summed E-state index contributed by atoms with van der Waals surface area (Å²) >= 11 is 0. The fourth-order valence-corrected chi connectivity index (χ4v) is 1.97. The molecule has 2 aromatic rings. The van der Waals surface area contributed by atoms with Crippen molar-refractivity contribution in [2.75, 3.05) is 5.32 Å². The Morgan fingerprint density at radius 2 is 2.15 bits per heavy atom. The number of aromatic nitrogens is 2. The van der Waals surface area contributed by atoms with Crippen molar-refractivity contribution in [2.24, 2.45) is 0 Å². The van der Waals surface area contributed by atoms with E-state index in [1.54, 1.807) is 6.20 Å². The molecule has 2 amide bonds. The summed E-state index contributed by atoms with van der Waals surface area (Å²) in [5.74, 6) is 0. The van der Waals surface area contributed by atoms with Gasteiger partial charge in [-0.3, -0.25) is 4.68 Å². The number of hydrogen-bond donors (Lipinski definition) is 2. The highest BCUT2D eigenvalue weighted by molar-refractivity contribution is 5.90. The van der Waals surface area contributed by atoms with E-state index in [4.69, 9.17) is 0 Å². The van der Waals surface area contributed by atoms with Crippen molar-refractivity contribution in [3.63, 3.8) is 0 Å². The van der Waals surface area contributed by atoms with E-state index in [9.17, 15) is 4.79 Å². The van der Waals surface area contributed by atoms with Gasteiger partial charge in [0, 0.05) is 30.5 Å².